The Labute approximate surface area is 130 Å². The number of rotatable bonds is 3. The van der Waals surface area contributed by atoms with E-state index < -0.39 is 17.6 Å². The van der Waals surface area contributed by atoms with Crippen LogP contribution < -0.4 is 5.32 Å². The van der Waals surface area contributed by atoms with Crippen LogP contribution in [0.15, 0.2) is 18.2 Å². The van der Waals surface area contributed by atoms with Crippen molar-refractivity contribution in [2.24, 2.45) is 0 Å². The fourth-order valence-electron chi connectivity index (χ4n) is 2.25. The van der Waals surface area contributed by atoms with E-state index in [2.05, 4.69) is 5.32 Å². The maximum atomic E-state index is 12.9. The lowest BCUT2D eigenvalue weighted by atomic mass is 10.1. The predicted molar refractivity (Wildman–Crippen MR) is 75.5 cm³/mol. The van der Waals surface area contributed by atoms with Crippen molar-refractivity contribution in [3.05, 3.63) is 28.8 Å². The molecule has 1 heterocycles. The number of halogens is 4. The third-order valence-corrected chi connectivity index (χ3v) is 3.55. The summed E-state index contributed by atoms with van der Waals surface area (Å²) in [5.74, 6) is -0.823. The van der Waals surface area contributed by atoms with Crippen molar-refractivity contribution in [2.45, 2.75) is 25.4 Å². The van der Waals surface area contributed by atoms with E-state index in [4.69, 9.17) is 11.6 Å². The highest BCUT2D eigenvalue weighted by atomic mass is 35.5. The molecule has 1 aliphatic rings. The van der Waals surface area contributed by atoms with Crippen LogP contribution in [0.2, 0.25) is 5.02 Å². The maximum Gasteiger partial charge on any atom is 0.418 e. The zero-order valence-corrected chi connectivity index (χ0v) is 12.3. The first-order valence-corrected chi connectivity index (χ1v) is 7.09. The fraction of sp³-hybridized carbons (Fsp3) is 0.429. The van der Waals surface area contributed by atoms with Gasteiger partial charge in [0.2, 0.25) is 11.8 Å². The number of carbonyl (C=O) groups excluding carboxylic acids is 2. The zero-order valence-electron chi connectivity index (χ0n) is 11.5. The monoisotopic (exact) mass is 334 g/mol. The molecule has 1 fully saturated rings. The molecule has 1 N–H and O–H groups in total. The Morgan fingerprint density at radius 1 is 1.32 bits per heavy atom. The molecule has 2 amide bonds. The highest BCUT2D eigenvalue weighted by Crippen LogP contribution is 2.36. The molecule has 0 saturated carbocycles. The number of anilines is 1. The molecule has 4 nitrogen and oxygen atoms in total. The Bertz CT molecular complexity index is 590. The Morgan fingerprint density at radius 3 is 2.68 bits per heavy atom. The molecule has 0 radical (unpaired) electrons. The number of hydrogen-bond donors (Lipinski definition) is 1. The largest absolute Gasteiger partial charge is 0.418 e. The molecule has 0 atom stereocenters. The summed E-state index contributed by atoms with van der Waals surface area (Å²) in [5.41, 5.74) is -1.38. The summed E-state index contributed by atoms with van der Waals surface area (Å²) in [4.78, 5) is 24.8. The molecule has 0 spiro atoms. The van der Waals surface area contributed by atoms with E-state index in [0.29, 0.717) is 13.0 Å². The van der Waals surface area contributed by atoms with E-state index >= 15 is 0 Å². The molecule has 0 aliphatic carbocycles. The molecule has 1 aromatic carbocycles. The molecule has 2 rings (SSSR count). The van der Waals surface area contributed by atoms with Crippen LogP contribution in [0.4, 0.5) is 18.9 Å². The van der Waals surface area contributed by atoms with Crippen LogP contribution in [0.25, 0.3) is 0 Å². The first-order valence-electron chi connectivity index (χ1n) is 6.72. The van der Waals surface area contributed by atoms with Crippen molar-refractivity contribution in [2.75, 3.05) is 18.4 Å². The van der Waals surface area contributed by atoms with E-state index in [0.717, 1.165) is 25.0 Å². The first-order chi connectivity index (χ1) is 10.3. The van der Waals surface area contributed by atoms with Crippen LogP contribution in [0.5, 0.6) is 0 Å². The number of nitrogens with one attached hydrogen (secondary N) is 1. The average molecular weight is 335 g/mol. The summed E-state index contributed by atoms with van der Waals surface area (Å²) in [6.45, 7) is 0.192. The van der Waals surface area contributed by atoms with Crippen LogP contribution in [0, 0.1) is 0 Å². The second kappa shape index (κ2) is 6.56. The van der Waals surface area contributed by atoms with Gasteiger partial charge in [0, 0.05) is 18.0 Å². The quantitative estimate of drug-likeness (QED) is 0.922. The average Bonchev–Trinajstić information content (AvgIpc) is 2.42. The van der Waals surface area contributed by atoms with Gasteiger partial charge in [0.1, 0.15) is 0 Å². The van der Waals surface area contributed by atoms with Gasteiger partial charge in [-0.3, -0.25) is 9.59 Å². The summed E-state index contributed by atoms with van der Waals surface area (Å²) >= 11 is 5.57. The number of benzene rings is 1. The van der Waals surface area contributed by atoms with Gasteiger partial charge in [-0.25, -0.2) is 0 Å². The third-order valence-electron chi connectivity index (χ3n) is 3.32. The minimum Gasteiger partial charge on any atom is -0.333 e. The molecule has 22 heavy (non-hydrogen) atoms. The van der Waals surface area contributed by atoms with Crippen molar-refractivity contribution < 1.29 is 22.8 Å². The van der Waals surface area contributed by atoms with E-state index in [1.807, 2.05) is 0 Å². The molecule has 1 saturated heterocycles. The van der Waals surface area contributed by atoms with Gasteiger partial charge in [0.25, 0.3) is 0 Å². The third kappa shape index (κ3) is 4.13. The summed E-state index contributed by atoms with van der Waals surface area (Å²) in [6, 6.07) is 3.11. The summed E-state index contributed by atoms with van der Waals surface area (Å²) in [5, 5.41) is 2.13. The SMILES string of the molecule is O=C(CN1CCCCC1=O)Nc1ccc(Cl)cc1C(F)(F)F. The Hall–Kier alpha value is -1.76. The molecule has 0 unspecified atom stereocenters. The number of piperidine rings is 1. The summed E-state index contributed by atoms with van der Waals surface area (Å²) in [7, 11) is 0. The Kier molecular flexibility index (Phi) is 4.95. The van der Waals surface area contributed by atoms with Gasteiger partial charge in [-0.1, -0.05) is 11.6 Å². The Balaban J connectivity index is 2.10. The Morgan fingerprint density at radius 2 is 2.05 bits per heavy atom. The van der Waals surface area contributed by atoms with E-state index in [-0.39, 0.29) is 23.2 Å². The molecule has 8 heteroatoms. The molecule has 1 aromatic rings. The highest BCUT2D eigenvalue weighted by molar-refractivity contribution is 6.30. The number of likely N-dealkylation sites (tertiary alicyclic amines) is 1. The molecule has 0 aromatic heterocycles. The lowest BCUT2D eigenvalue weighted by Crippen LogP contribution is -2.40. The normalized spacial score (nSPS) is 15.8. The number of hydrogen-bond acceptors (Lipinski definition) is 2. The topological polar surface area (TPSA) is 49.4 Å². The number of amides is 2. The standard InChI is InChI=1S/C14H14ClF3N2O2/c15-9-4-5-11(10(7-9)14(16,17)18)19-12(21)8-20-6-2-1-3-13(20)22/h4-5,7H,1-3,6,8H2,(H,19,21). The van der Waals surface area contributed by atoms with Crippen molar-refractivity contribution in [3.63, 3.8) is 0 Å². The lowest BCUT2D eigenvalue weighted by Gasteiger charge is -2.26. The van der Waals surface area contributed by atoms with Gasteiger partial charge < -0.3 is 10.2 Å². The first kappa shape index (κ1) is 16.6. The van der Waals surface area contributed by atoms with Crippen molar-refractivity contribution in [3.8, 4) is 0 Å². The van der Waals surface area contributed by atoms with Gasteiger partial charge in [-0.2, -0.15) is 13.2 Å². The predicted octanol–water partition coefficient (Wildman–Crippen LogP) is 3.31. The molecular weight excluding hydrogens is 321 g/mol. The zero-order chi connectivity index (χ0) is 16.3. The van der Waals surface area contributed by atoms with Gasteiger partial charge >= 0.3 is 6.18 Å². The highest BCUT2D eigenvalue weighted by Gasteiger charge is 2.34. The number of nitrogens with zero attached hydrogens (tertiary/aromatic N) is 1. The fourth-order valence-corrected chi connectivity index (χ4v) is 2.42. The van der Waals surface area contributed by atoms with E-state index in [1.165, 1.54) is 11.0 Å². The van der Waals surface area contributed by atoms with Gasteiger partial charge in [0.05, 0.1) is 17.8 Å². The molecule has 1 aliphatic heterocycles. The summed E-state index contributed by atoms with van der Waals surface area (Å²) in [6.07, 6.45) is -2.71. The summed E-state index contributed by atoms with van der Waals surface area (Å²) < 4.78 is 38.8. The van der Waals surface area contributed by atoms with Crippen LogP contribution in [0.3, 0.4) is 0 Å². The van der Waals surface area contributed by atoms with Crippen LogP contribution in [-0.4, -0.2) is 29.8 Å². The van der Waals surface area contributed by atoms with Crippen LogP contribution in [0.1, 0.15) is 24.8 Å². The van der Waals surface area contributed by atoms with Gasteiger partial charge in [0.15, 0.2) is 0 Å². The number of carbonyl (C=O) groups is 2. The van der Waals surface area contributed by atoms with Crippen molar-refractivity contribution in [1.29, 1.82) is 0 Å². The maximum absolute atomic E-state index is 12.9. The minimum absolute atomic E-state index is 0.0727. The lowest BCUT2D eigenvalue weighted by molar-refractivity contribution is -0.138. The van der Waals surface area contributed by atoms with Gasteiger partial charge in [-0.15, -0.1) is 0 Å². The van der Waals surface area contributed by atoms with Gasteiger partial charge in [-0.05, 0) is 31.0 Å². The second-order valence-corrected chi connectivity index (χ2v) is 5.44. The molecule has 120 valence electrons. The number of alkyl halides is 3. The molecule has 0 bridgehead atoms. The minimum atomic E-state index is -4.63. The smallest absolute Gasteiger partial charge is 0.333 e. The van der Waals surface area contributed by atoms with E-state index in [1.54, 1.807) is 0 Å². The van der Waals surface area contributed by atoms with E-state index in [9.17, 15) is 22.8 Å². The van der Waals surface area contributed by atoms with Crippen LogP contribution >= 0.6 is 11.6 Å². The molecular formula is C14H14ClF3N2O2. The second-order valence-electron chi connectivity index (χ2n) is 5.01. The van der Waals surface area contributed by atoms with Crippen molar-refractivity contribution >= 4 is 29.1 Å². The van der Waals surface area contributed by atoms with Crippen LogP contribution in [-0.2, 0) is 15.8 Å². The van der Waals surface area contributed by atoms with Crippen molar-refractivity contribution in [1.82, 2.24) is 4.90 Å².